The monoisotopic (exact) mass is 271 g/mol. The van der Waals surface area contributed by atoms with Crippen LogP contribution in [0.1, 0.15) is 18.6 Å². The largest absolute Gasteiger partial charge is 0.375 e. The van der Waals surface area contributed by atoms with E-state index in [-0.39, 0.29) is 18.6 Å². The van der Waals surface area contributed by atoms with E-state index in [2.05, 4.69) is 5.32 Å². The van der Waals surface area contributed by atoms with Gasteiger partial charge in [-0.2, -0.15) is 0 Å². The Kier molecular flexibility index (Phi) is 6.72. The van der Waals surface area contributed by atoms with E-state index in [0.717, 1.165) is 5.56 Å². The van der Waals surface area contributed by atoms with Gasteiger partial charge in [0, 0.05) is 30.8 Å². The molecule has 5 heteroatoms. The Balaban J connectivity index is 2.53. The molecule has 1 N–H and O–H groups in total. The highest BCUT2D eigenvalue weighted by Crippen LogP contribution is 2.24. The van der Waals surface area contributed by atoms with Crippen LogP contribution in [0, 0.1) is 0 Å². The maximum Gasteiger partial charge on any atom is 0.246 e. The number of benzene rings is 1. The van der Waals surface area contributed by atoms with Gasteiger partial charge in [0.2, 0.25) is 5.91 Å². The number of carbonyl (C=O) groups excluding carboxylic acids is 1. The van der Waals surface area contributed by atoms with Gasteiger partial charge in [-0.15, -0.1) is 0 Å². The minimum atomic E-state index is -0.260. The van der Waals surface area contributed by atoms with Gasteiger partial charge in [0.1, 0.15) is 12.7 Å². The second-order valence-electron chi connectivity index (χ2n) is 3.69. The van der Waals surface area contributed by atoms with Gasteiger partial charge in [0.25, 0.3) is 0 Å². The van der Waals surface area contributed by atoms with Crippen LogP contribution in [0.15, 0.2) is 24.3 Å². The molecule has 0 saturated heterocycles. The van der Waals surface area contributed by atoms with Gasteiger partial charge in [-0.1, -0.05) is 29.8 Å². The zero-order valence-electron chi connectivity index (χ0n) is 10.6. The Morgan fingerprint density at radius 3 is 2.78 bits per heavy atom. The van der Waals surface area contributed by atoms with E-state index in [4.69, 9.17) is 21.1 Å². The average Bonchev–Trinajstić information content (AvgIpc) is 2.39. The Hall–Kier alpha value is -1.10. The quantitative estimate of drug-likeness (QED) is 0.827. The molecule has 0 unspecified atom stereocenters. The topological polar surface area (TPSA) is 47.6 Å². The van der Waals surface area contributed by atoms with Crippen LogP contribution in [0.4, 0.5) is 0 Å². The third-order valence-electron chi connectivity index (χ3n) is 2.46. The highest BCUT2D eigenvalue weighted by molar-refractivity contribution is 6.31. The Labute approximate surface area is 112 Å². The lowest BCUT2D eigenvalue weighted by Gasteiger charge is -2.17. The number of hydrogen-bond acceptors (Lipinski definition) is 3. The van der Waals surface area contributed by atoms with E-state index < -0.39 is 0 Å². The third kappa shape index (κ3) is 4.64. The molecule has 100 valence electrons. The number of amides is 1. The van der Waals surface area contributed by atoms with Crippen molar-refractivity contribution < 1.29 is 14.3 Å². The van der Waals surface area contributed by atoms with Crippen molar-refractivity contribution in [2.45, 2.75) is 13.0 Å². The van der Waals surface area contributed by atoms with Crippen molar-refractivity contribution in [1.29, 1.82) is 0 Å². The van der Waals surface area contributed by atoms with Crippen LogP contribution in [-0.4, -0.2) is 32.8 Å². The minimum absolute atomic E-state index is 0.0649. The number of ether oxygens (including phenoxy) is 2. The highest BCUT2D eigenvalue weighted by atomic mass is 35.5. The van der Waals surface area contributed by atoms with Gasteiger partial charge in [-0.05, 0) is 13.0 Å². The number of nitrogens with one attached hydrogen (secondary N) is 1. The zero-order valence-corrected chi connectivity index (χ0v) is 11.4. The first-order chi connectivity index (χ1) is 8.69. The first-order valence-electron chi connectivity index (χ1n) is 5.80. The smallest absolute Gasteiger partial charge is 0.246 e. The summed E-state index contributed by atoms with van der Waals surface area (Å²) in [5.41, 5.74) is 0.860. The van der Waals surface area contributed by atoms with Crippen LogP contribution >= 0.6 is 11.6 Å². The molecule has 0 aliphatic heterocycles. The molecule has 1 atom stereocenters. The molecule has 0 aromatic heterocycles. The standard InChI is InChI=1S/C13H18ClNO3/c1-3-18-9-13(16)15-8-12(17-2)10-6-4-5-7-11(10)14/h4-7,12H,3,8-9H2,1-2H3,(H,15,16)/t12-/m0/s1. The summed E-state index contributed by atoms with van der Waals surface area (Å²) in [6, 6.07) is 7.41. The highest BCUT2D eigenvalue weighted by Gasteiger charge is 2.14. The van der Waals surface area contributed by atoms with Gasteiger partial charge in [-0.25, -0.2) is 0 Å². The number of halogens is 1. The first-order valence-corrected chi connectivity index (χ1v) is 6.18. The molecule has 0 radical (unpaired) electrons. The molecule has 18 heavy (non-hydrogen) atoms. The normalized spacial score (nSPS) is 12.2. The molecule has 0 bridgehead atoms. The van der Waals surface area contributed by atoms with Crippen LogP contribution in [0.2, 0.25) is 5.02 Å². The van der Waals surface area contributed by atoms with Crippen LogP contribution in [0.5, 0.6) is 0 Å². The molecule has 1 amide bonds. The summed E-state index contributed by atoms with van der Waals surface area (Å²) in [4.78, 5) is 11.4. The third-order valence-corrected chi connectivity index (χ3v) is 2.80. The summed E-state index contributed by atoms with van der Waals surface area (Å²) in [5.74, 6) is -0.161. The van der Waals surface area contributed by atoms with E-state index in [1.165, 1.54) is 0 Å². The van der Waals surface area contributed by atoms with Gasteiger partial charge in [0.15, 0.2) is 0 Å². The number of hydrogen-bond donors (Lipinski definition) is 1. The van der Waals surface area contributed by atoms with E-state index >= 15 is 0 Å². The van der Waals surface area contributed by atoms with E-state index in [9.17, 15) is 4.79 Å². The molecular formula is C13H18ClNO3. The molecule has 4 nitrogen and oxygen atoms in total. The Bertz CT molecular complexity index is 384. The van der Waals surface area contributed by atoms with Crippen molar-refractivity contribution >= 4 is 17.5 Å². The fourth-order valence-corrected chi connectivity index (χ4v) is 1.77. The van der Waals surface area contributed by atoms with Crippen LogP contribution < -0.4 is 5.32 Å². The molecule has 1 aromatic carbocycles. The maximum atomic E-state index is 11.4. The van der Waals surface area contributed by atoms with Crippen molar-refractivity contribution in [3.63, 3.8) is 0 Å². The molecule has 0 aliphatic rings. The van der Waals surface area contributed by atoms with E-state index in [1.54, 1.807) is 13.2 Å². The summed E-state index contributed by atoms with van der Waals surface area (Å²) < 4.78 is 10.3. The molecule has 0 aliphatic carbocycles. The summed E-state index contributed by atoms with van der Waals surface area (Å²) in [5, 5.41) is 3.37. The molecule has 0 heterocycles. The van der Waals surface area contributed by atoms with Crippen LogP contribution in [0.25, 0.3) is 0 Å². The molecule has 0 saturated carbocycles. The van der Waals surface area contributed by atoms with Crippen LogP contribution in [0.3, 0.4) is 0 Å². The van der Waals surface area contributed by atoms with Crippen molar-refractivity contribution in [3.8, 4) is 0 Å². The lowest BCUT2D eigenvalue weighted by molar-refractivity contribution is -0.126. The summed E-state index contributed by atoms with van der Waals surface area (Å²) >= 11 is 6.08. The molecule has 0 spiro atoms. The maximum absolute atomic E-state index is 11.4. The van der Waals surface area contributed by atoms with Gasteiger partial charge in [-0.3, -0.25) is 4.79 Å². The van der Waals surface area contributed by atoms with E-state index in [0.29, 0.717) is 18.2 Å². The van der Waals surface area contributed by atoms with Gasteiger partial charge < -0.3 is 14.8 Å². The Morgan fingerprint density at radius 1 is 1.44 bits per heavy atom. The summed E-state index contributed by atoms with van der Waals surface area (Å²) in [6.07, 6.45) is -0.260. The predicted molar refractivity (Wildman–Crippen MR) is 70.7 cm³/mol. The molecular weight excluding hydrogens is 254 g/mol. The van der Waals surface area contributed by atoms with Gasteiger partial charge >= 0.3 is 0 Å². The zero-order chi connectivity index (χ0) is 13.4. The van der Waals surface area contributed by atoms with Crippen molar-refractivity contribution in [2.24, 2.45) is 0 Å². The Morgan fingerprint density at radius 2 is 2.17 bits per heavy atom. The first kappa shape index (κ1) is 15.0. The van der Waals surface area contributed by atoms with Crippen molar-refractivity contribution in [2.75, 3.05) is 26.9 Å². The van der Waals surface area contributed by atoms with Crippen LogP contribution in [-0.2, 0) is 14.3 Å². The lowest BCUT2D eigenvalue weighted by atomic mass is 10.1. The second-order valence-corrected chi connectivity index (χ2v) is 4.09. The fourth-order valence-electron chi connectivity index (χ4n) is 1.51. The minimum Gasteiger partial charge on any atom is -0.375 e. The summed E-state index contributed by atoms with van der Waals surface area (Å²) in [7, 11) is 1.59. The lowest BCUT2D eigenvalue weighted by Crippen LogP contribution is -2.32. The predicted octanol–water partition coefficient (Wildman–Crippen LogP) is 2.18. The molecule has 0 fully saturated rings. The van der Waals surface area contributed by atoms with E-state index in [1.807, 2.05) is 25.1 Å². The van der Waals surface area contributed by atoms with Gasteiger partial charge in [0.05, 0.1) is 0 Å². The number of carbonyl (C=O) groups is 1. The van der Waals surface area contributed by atoms with Crippen molar-refractivity contribution in [3.05, 3.63) is 34.9 Å². The fraction of sp³-hybridized carbons (Fsp3) is 0.462. The molecule has 1 aromatic rings. The SMILES string of the molecule is CCOCC(=O)NC[C@H](OC)c1ccccc1Cl. The number of rotatable bonds is 7. The average molecular weight is 272 g/mol. The number of methoxy groups -OCH3 is 1. The molecule has 1 rings (SSSR count). The second kappa shape index (κ2) is 8.08. The summed E-state index contributed by atoms with van der Waals surface area (Å²) in [6.45, 7) is 2.79. The van der Waals surface area contributed by atoms with Crippen molar-refractivity contribution in [1.82, 2.24) is 5.32 Å².